The summed E-state index contributed by atoms with van der Waals surface area (Å²) in [5, 5.41) is 15.3. The molecular formula is C16H21N3O7. The molecule has 1 rings (SSSR count). The van der Waals surface area contributed by atoms with Gasteiger partial charge in [-0.05, 0) is 18.4 Å². The first-order chi connectivity index (χ1) is 12.3. The van der Waals surface area contributed by atoms with Crippen LogP contribution in [0.4, 0.5) is 10.5 Å². The summed E-state index contributed by atoms with van der Waals surface area (Å²) in [4.78, 5) is 44.6. The van der Waals surface area contributed by atoms with Crippen LogP contribution >= 0.6 is 0 Å². The highest BCUT2D eigenvalue weighted by atomic mass is 16.6. The molecule has 0 aliphatic heterocycles. The van der Waals surface area contributed by atoms with E-state index < -0.39 is 36.0 Å². The average Bonchev–Trinajstić information content (AvgIpc) is 2.57. The third kappa shape index (κ3) is 8.08. The first-order valence-electron chi connectivity index (χ1n) is 7.89. The Balaban J connectivity index is 2.31. The molecule has 1 aromatic rings. The van der Waals surface area contributed by atoms with Crippen LogP contribution in [0.15, 0.2) is 24.3 Å². The van der Waals surface area contributed by atoms with Crippen LogP contribution < -0.4 is 15.4 Å². The van der Waals surface area contributed by atoms with Gasteiger partial charge in [-0.3, -0.25) is 20.2 Å². The van der Waals surface area contributed by atoms with Crippen molar-refractivity contribution in [2.45, 2.75) is 20.3 Å². The van der Waals surface area contributed by atoms with Gasteiger partial charge in [0.15, 0.2) is 19.0 Å². The molecule has 26 heavy (non-hydrogen) atoms. The normalized spacial score (nSPS) is 10.1. The van der Waals surface area contributed by atoms with Gasteiger partial charge in [0, 0.05) is 12.6 Å². The number of nitrogens with one attached hydrogen (secondary N) is 2. The fourth-order valence-electron chi connectivity index (χ4n) is 1.74. The Morgan fingerprint density at radius 2 is 1.88 bits per heavy atom. The highest BCUT2D eigenvalue weighted by Gasteiger charge is 2.16. The summed E-state index contributed by atoms with van der Waals surface area (Å²) < 4.78 is 9.67. The summed E-state index contributed by atoms with van der Waals surface area (Å²) in [6.07, 6.45) is 0.763. The van der Waals surface area contributed by atoms with Crippen LogP contribution in [0.3, 0.4) is 0 Å². The second kappa shape index (κ2) is 10.6. The highest BCUT2D eigenvalue weighted by Crippen LogP contribution is 2.25. The molecule has 0 unspecified atom stereocenters. The second-order valence-electron chi connectivity index (χ2n) is 5.66. The number of para-hydroxylation sites is 2. The predicted molar refractivity (Wildman–Crippen MR) is 90.5 cm³/mol. The molecule has 0 aromatic heterocycles. The van der Waals surface area contributed by atoms with E-state index in [2.05, 4.69) is 10.1 Å². The molecule has 142 valence electrons. The maximum Gasteiger partial charge on any atom is 0.344 e. The van der Waals surface area contributed by atoms with Crippen molar-refractivity contribution in [3.8, 4) is 5.75 Å². The van der Waals surface area contributed by atoms with E-state index in [1.807, 2.05) is 19.2 Å². The smallest absolute Gasteiger partial charge is 0.344 e. The van der Waals surface area contributed by atoms with Crippen LogP contribution in [-0.4, -0.2) is 42.6 Å². The van der Waals surface area contributed by atoms with Crippen molar-refractivity contribution in [3.05, 3.63) is 34.4 Å². The Morgan fingerprint density at radius 1 is 1.19 bits per heavy atom. The van der Waals surface area contributed by atoms with E-state index in [-0.39, 0.29) is 11.4 Å². The number of nitrogens with zero attached hydrogens (tertiary/aromatic N) is 1. The summed E-state index contributed by atoms with van der Waals surface area (Å²) in [6.45, 7) is 3.13. The number of nitro groups is 1. The zero-order valence-corrected chi connectivity index (χ0v) is 14.5. The number of rotatable bonds is 9. The minimum Gasteiger partial charge on any atom is -0.475 e. The van der Waals surface area contributed by atoms with Crippen molar-refractivity contribution in [1.82, 2.24) is 10.6 Å². The van der Waals surface area contributed by atoms with Gasteiger partial charge in [0.2, 0.25) is 0 Å². The van der Waals surface area contributed by atoms with Gasteiger partial charge in [0.1, 0.15) is 0 Å². The van der Waals surface area contributed by atoms with Crippen LogP contribution in [0.1, 0.15) is 20.3 Å². The third-order valence-corrected chi connectivity index (χ3v) is 3.03. The zero-order chi connectivity index (χ0) is 19.5. The van der Waals surface area contributed by atoms with E-state index in [0.29, 0.717) is 12.5 Å². The van der Waals surface area contributed by atoms with E-state index in [1.165, 1.54) is 24.3 Å². The Kier molecular flexibility index (Phi) is 8.55. The molecule has 0 fully saturated rings. The van der Waals surface area contributed by atoms with Gasteiger partial charge in [-0.2, -0.15) is 0 Å². The Hall–Kier alpha value is -3.17. The van der Waals surface area contributed by atoms with Crippen molar-refractivity contribution in [1.29, 1.82) is 0 Å². The molecule has 0 radical (unpaired) electrons. The van der Waals surface area contributed by atoms with E-state index in [9.17, 15) is 24.5 Å². The SMILES string of the molecule is CC(C)CCNC(=O)NC(=O)COC(=O)COc1ccccc1[N+](=O)[O-]. The van der Waals surface area contributed by atoms with Crippen LogP contribution in [0, 0.1) is 16.0 Å². The number of hydrogen-bond donors (Lipinski definition) is 2. The van der Waals surface area contributed by atoms with E-state index >= 15 is 0 Å². The molecule has 0 aliphatic rings. The van der Waals surface area contributed by atoms with Gasteiger partial charge < -0.3 is 14.8 Å². The number of benzene rings is 1. The molecule has 1 aromatic carbocycles. The number of ether oxygens (including phenoxy) is 2. The average molecular weight is 367 g/mol. The third-order valence-electron chi connectivity index (χ3n) is 3.03. The fraction of sp³-hybridized carbons (Fsp3) is 0.438. The summed E-state index contributed by atoms with van der Waals surface area (Å²) in [5.74, 6) is -1.39. The summed E-state index contributed by atoms with van der Waals surface area (Å²) in [5.41, 5.74) is -0.295. The van der Waals surface area contributed by atoms with Gasteiger partial charge in [-0.15, -0.1) is 0 Å². The van der Waals surface area contributed by atoms with Crippen LogP contribution in [0.25, 0.3) is 0 Å². The quantitative estimate of drug-likeness (QED) is 0.382. The monoisotopic (exact) mass is 367 g/mol. The fourth-order valence-corrected chi connectivity index (χ4v) is 1.74. The Labute approximate surface area is 150 Å². The first kappa shape index (κ1) is 20.9. The molecule has 10 heteroatoms. The van der Waals surface area contributed by atoms with Crippen molar-refractivity contribution in [3.63, 3.8) is 0 Å². The lowest BCUT2D eigenvalue weighted by atomic mass is 10.1. The lowest BCUT2D eigenvalue weighted by Crippen LogP contribution is -2.42. The minimum absolute atomic E-state index is 0.0940. The number of esters is 1. The number of amides is 3. The Morgan fingerprint density at radius 3 is 2.54 bits per heavy atom. The molecule has 2 N–H and O–H groups in total. The molecule has 3 amide bonds. The molecule has 0 aliphatic carbocycles. The number of carbonyl (C=O) groups excluding carboxylic acids is 3. The van der Waals surface area contributed by atoms with E-state index in [4.69, 9.17) is 4.74 Å². The van der Waals surface area contributed by atoms with Crippen molar-refractivity contribution in [2.24, 2.45) is 5.92 Å². The van der Waals surface area contributed by atoms with Gasteiger partial charge in [-0.25, -0.2) is 9.59 Å². The molecule has 10 nitrogen and oxygen atoms in total. The largest absolute Gasteiger partial charge is 0.475 e. The van der Waals surface area contributed by atoms with Crippen LogP contribution in [-0.2, 0) is 14.3 Å². The highest BCUT2D eigenvalue weighted by molar-refractivity contribution is 5.95. The van der Waals surface area contributed by atoms with Gasteiger partial charge in [-0.1, -0.05) is 26.0 Å². The molecule has 0 heterocycles. The van der Waals surface area contributed by atoms with Gasteiger partial charge in [0.25, 0.3) is 5.91 Å². The van der Waals surface area contributed by atoms with E-state index in [1.54, 1.807) is 0 Å². The topological polar surface area (TPSA) is 137 Å². The van der Waals surface area contributed by atoms with Crippen LogP contribution in [0.5, 0.6) is 5.75 Å². The van der Waals surface area contributed by atoms with Crippen molar-refractivity contribution >= 4 is 23.6 Å². The number of nitro benzene ring substituents is 1. The second-order valence-corrected chi connectivity index (χ2v) is 5.66. The number of imide groups is 1. The maximum absolute atomic E-state index is 11.5. The zero-order valence-electron chi connectivity index (χ0n) is 14.5. The standard InChI is InChI=1S/C16H21N3O7/c1-11(2)7-8-17-16(22)18-14(20)9-26-15(21)10-25-13-6-4-3-5-12(13)19(23)24/h3-6,11H,7-10H2,1-2H3,(H2,17,18,20,22). The number of hydrogen-bond acceptors (Lipinski definition) is 7. The molecule has 0 saturated heterocycles. The number of carbonyl (C=O) groups is 3. The van der Waals surface area contributed by atoms with Crippen molar-refractivity contribution < 1.29 is 28.8 Å². The first-order valence-corrected chi connectivity index (χ1v) is 7.89. The summed E-state index contributed by atoms with van der Waals surface area (Å²) in [6, 6.07) is 4.85. The molecule has 0 bridgehead atoms. The molecule has 0 spiro atoms. The van der Waals surface area contributed by atoms with E-state index in [0.717, 1.165) is 6.42 Å². The summed E-state index contributed by atoms with van der Waals surface area (Å²) >= 11 is 0. The molecule has 0 saturated carbocycles. The minimum atomic E-state index is -0.904. The maximum atomic E-state index is 11.5. The summed E-state index contributed by atoms with van der Waals surface area (Å²) in [7, 11) is 0. The predicted octanol–water partition coefficient (Wildman–Crippen LogP) is 1.39. The number of urea groups is 1. The Bertz CT molecular complexity index is 661. The van der Waals surface area contributed by atoms with Gasteiger partial charge >= 0.3 is 17.7 Å². The van der Waals surface area contributed by atoms with Gasteiger partial charge in [0.05, 0.1) is 4.92 Å². The lowest BCUT2D eigenvalue weighted by Gasteiger charge is -2.09. The van der Waals surface area contributed by atoms with Crippen molar-refractivity contribution in [2.75, 3.05) is 19.8 Å². The lowest BCUT2D eigenvalue weighted by molar-refractivity contribution is -0.385. The van der Waals surface area contributed by atoms with Crippen LogP contribution in [0.2, 0.25) is 0 Å². The molecular weight excluding hydrogens is 346 g/mol. The molecule has 0 atom stereocenters.